The van der Waals surface area contributed by atoms with Gasteiger partial charge in [0.2, 0.25) is 5.91 Å². The first-order chi connectivity index (χ1) is 15.0. The van der Waals surface area contributed by atoms with Crippen molar-refractivity contribution in [2.24, 2.45) is 0 Å². The highest BCUT2D eigenvalue weighted by Gasteiger charge is 2.21. The minimum absolute atomic E-state index is 0.0338. The van der Waals surface area contributed by atoms with Crippen molar-refractivity contribution in [3.8, 4) is 5.75 Å². The number of likely N-dealkylation sites (N-methyl/N-ethyl adjacent to an activating group) is 1. The molecule has 2 aromatic carbocycles. The molecule has 0 bridgehead atoms. The zero-order chi connectivity index (χ0) is 22.1. The molecule has 1 fully saturated rings. The first kappa shape index (κ1) is 23.0. The number of rotatable bonds is 10. The average molecular weight is 424 g/mol. The molecule has 2 aromatic rings. The Balaban J connectivity index is 1.55. The Labute approximate surface area is 185 Å². The summed E-state index contributed by atoms with van der Waals surface area (Å²) in [6.45, 7) is 7.33. The van der Waals surface area contributed by atoms with Crippen LogP contribution in [0.15, 0.2) is 54.6 Å². The molecule has 1 amide bonds. The highest BCUT2D eigenvalue weighted by atomic mass is 16.5. The summed E-state index contributed by atoms with van der Waals surface area (Å²) in [5.74, 6) is 0.613. The number of benzene rings is 2. The molecule has 3 rings (SSSR count). The summed E-state index contributed by atoms with van der Waals surface area (Å²) in [6.07, 6.45) is 0.369. The topological polar surface area (TPSA) is 61.9 Å². The number of Topliss-reactive ketones (excluding diaryl/α,β-unsaturated/α-hetero) is 1. The van der Waals surface area contributed by atoms with Gasteiger partial charge in [0.25, 0.3) is 0 Å². The fourth-order valence-corrected chi connectivity index (χ4v) is 3.75. The Morgan fingerprint density at radius 1 is 0.968 bits per heavy atom. The van der Waals surface area contributed by atoms with Crippen LogP contribution in [0.5, 0.6) is 5.75 Å². The lowest BCUT2D eigenvalue weighted by atomic mass is 10.0. The van der Waals surface area contributed by atoms with Gasteiger partial charge < -0.3 is 15.0 Å². The highest BCUT2D eigenvalue weighted by molar-refractivity contribution is 5.98. The molecule has 0 saturated carbocycles. The van der Waals surface area contributed by atoms with Gasteiger partial charge in [-0.15, -0.1) is 0 Å². The number of carbonyl (C=O) groups is 2. The summed E-state index contributed by atoms with van der Waals surface area (Å²) in [6, 6.07) is 17.1. The smallest absolute Gasteiger partial charge is 0.220 e. The molecule has 6 nitrogen and oxygen atoms in total. The zero-order valence-electron chi connectivity index (χ0n) is 18.5. The summed E-state index contributed by atoms with van der Waals surface area (Å²) >= 11 is 0. The number of piperazine rings is 1. The van der Waals surface area contributed by atoms with E-state index >= 15 is 0 Å². The van der Waals surface area contributed by atoms with E-state index in [1.807, 2.05) is 37.3 Å². The highest BCUT2D eigenvalue weighted by Crippen LogP contribution is 2.17. The number of hydrogen-bond donors (Lipinski definition) is 1. The van der Waals surface area contributed by atoms with Crippen molar-refractivity contribution in [2.45, 2.75) is 25.8 Å². The van der Waals surface area contributed by atoms with Crippen LogP contribution in [-0.4, -0.2) is 67.9 Å². The molecule has 31 heavy (non-hydrogen) atoms. The van der Waals surface area contributed by atoms with E-state index in [9.17, 15) is 9.59 Å². The van der Waals surface area contributed by atoms with Gasteiger partial charge in [0, 0.05) is 51.1 Å². The molecule has 1 aliphatic heterocycles. The van der Waals surface area contributed by atoms with Crippen LogP contribution in [0.2, 0.25) is 0 Å². The van der Waals surface area contributed by atoms with E-state index in [2.05, 4.69) is 22.2 Å². The molecule has 1 N–H and O–H groups in total. The Bertz CT molecular complexity index is 831. The van der Waals surface area contributed by atoms with Crippen LogP contribution >= 0.6 is 0 Å². The molecule has 1 saturated heterocycles. The molecule has 1 aliphatic rings. The molecule has 0 spiro atoms. The first-order valence-electron chi connectivity index (χ1n) is 11.1. The normalized spacial score (nSPS) is 15.9. The Hall–Kier alpha value is -2.70. The largest absolute Gasteiger partial charge is 0.494 e. The quantitative estimate of drug-likeness (QED) is 0.595. The standard InChI is InChI=1S/C25H33N3O3/c1-3-31-22-11-9-21(10-12-22)24(29)13-14-25(30)26-23(20-7-5-4-6-8-20)19-28-17-15-27(2)16-18-28/h4-12,23H,3,13-19H2,1-2H3,(H,26,30). The van der Waals surface area contributed by atoms with Gasteiger partial charge in [-0.25, -0.2) is 0 Å². The maximum atomic E-state index is 12.7. The van der Waals surface area contributed by atoms with Gasteiger partial charge in [-0.2, -0.15) is 0 Å². The molecule has 6 heteroatoms. The van der Waals surface area contributed by atoms with Crippen molar-refractivity contribution in [3.63, 3.8) is 0 Å². The summed E-state index contributed by atoms with van der Waals surface area (Å²) < 4.78 is 5.41. The van der Waals surface area contributed by atoms with Crippen LogP contribution in [-0.2, 0) is 4.79 Å². The van der Waals surface area contributed by atoms with Crippen LogP contribution < -0.4 is 10.1 Å². The van der Waals surface area contributed by atoms with Crippen LogP contribution in [0.4, 0.5) is 0 Å². The van der Waals surface area contributed by atoms with E-state index in [1.165, 1.54) is 0 Å². The number of nitrogens with zero attached hydrogens (tertiary/aromatic N) is 2. The van der Waals surface area contributed by atoms with Crippen molar-refractivity contribution >= 4 is 11.7 Å². The van der Waals surface area contributed by atoms with E-state index in [-0.39, 0.29) is 30.6 Å². The predicted octanol–water partition coefficient (Wildman–Crippen LogP) is 3.15. The average Bonchev–Trinajstić information content (AvgIpc) is 2.80. The lowest BCUT2D eigenvalue weighted by Crippen LogP contribution is -2.47. The molecule has 1 atom stereocenters. The van der Waals surface area contributed by atoms with Gasteiger partial charge in [0.15, 0.2) is 5.78 Å². The number of amides is 1. The fourth-order valence-electron chi connectivity index (χ4n) is 3.75. The summed E-state index contributed by atoms with van der Waals surface area (Å²) in [5.41, 5.74) is 1.70. The maximum absolute atomic E-state index is 12.7. The van der Waals surface area contributed by atoms with Gasteiger partial charge in [0.05, 0.1) is 12.6 Å². The van der Waals surface area contributed by atoms with Crippen molar-refractivity contribution in [1.29, 1.82) is 0 Å². The third-order valence-electron chi connectivity index (χ3n) is 5.64. The van der Waals surface area contributed by atoms with Crippen molar-refractivity contribution in [1.82, 2.24) is 15.1 Å². The molecule has 1 heterocycles. The van der Waals surface area contributed by atoms with Crippen LogP contribution in [0.3, 0.4) is 0 Å². The number of hydrogen-bond acceptors (Lipinski definition) is 5. The molecule has 166 valence electrons. The van der Waals surface area contributed by atoms with E-state index in [0.29, 0.717) is 12.2 Å². The molecule has 0 aromatic heterocycles. The second-order valence-corrected chi connectivity index (χ2v) is 8.02. The van der Waals surface area contributed by atoms with Crippen molar-refractivity contribution in [2.75, 3.05) is 46.4 Å². The summed E-state index contributed by atoms with van der Waals surface area (Å²) in [7, 11) is 2.13. The second kappa shape index (κ2) is 11.6. The predicted molar refractivity (Wildman–Crippen MR) is 122 cm³/mol. The van der Waals surface area contributed by atoms with E-state index in [1.54, 1.807) is 24.3 Å². The van der Waals surface area contributed by atoms with Gasteiger partial charge in [0.1, 0.15) is 5.75 Å². The minimum Gasteiger partial charge on any atom is -0.494 e. The maximum Gasteiger partial charge on any atom is 0.220 e. The minimum atomic E-state index is -0.0951. The van der Waals surface area contributed by atoms with E-state index < -0.39 is 0 Å². The Morgan fingerprint density at radius 2 is 1.65 bits per heavy atom. The Kier molecular flexibility index (Phi) is 8.62. The summed E-state index contributed by atoms with van der Waals surface area (Å²) in [5, 5.41) is 3.16. The van der Waals surface area contributed by atoms with E-state index in [0.717, 1.165) is 44.0 Å². The van der Waals surface area contributed by atoms with Crippen molar-refractivity contribution < 1.29 is 14.3 Å². The van der Waals surface area contributed by atoms with Crippen LogP contribution in [0.25, 0.3) is 0 Å². The number of ether oxygens (including phenoxy) is 1. The molecule has 0 radical (unpaired) electrons. The van der Waals surface area contributed by atoms with E-state index in [4.69, 9.17) is 4.74 Å². The SMILES string of the molecule is CCOc1ccc(C(=O)CCC(=O)NC(CN2CCN(C)CC2)c2ccccc2)cc1. The zero-order valence-corrected chi connectivity index (χ0v) is 18.5. The van der Waals surface area contributed by atoms with Gasteiger partial charge in [-0.1, -0.05) is 30.3 Å². The van der Waals surface area contributed by atoms with Crippen molar-refractivity contribution in [3.05, 3.63) is 65.7 Å². The molecular formula is C25H33N3O3. The van der Waals surface area contributed by atoms with Gasteiger partial charge in [-0.3, -0.25) is 14.5 Å². The molecular weight excluding hydrogens is 390 g/mol. The lowest BCUT2D eigenvalue weighted by molar-refractivity contribution is -0.122. The van der Waals surface area contributed by atoms with Gasteiger partial charge in [-0.05, 0) is 43.8 Å². The van der Waals surface area contributed by atoms with Crippen LogP contribution in [0.1, 0.15) is 41.7 Å². The molecule has 0 aliphatic carbocycles. The lowest BCUT2D eigenvalue weighted by Gasteiger charge is -2.35. The van der Waals surface area contributed by atoms with Crippen LogP contribution in [0, 0.1) is 0 Å². The third-order valence-corrected chi connectivity index (χ3v) is 5.64. The summed E-state index contributed by atoms with van der Waals surface area (Å²) in [4.78, 5) is 29.9. The Morgan fingerprint density at radius 3 is 2.29 bits per heavy atom. The number of nitrogens with one attached hydrogen (secondary N) is 1. The molecule has 1 unspecified atom stereocenters. The second-order valence-electron chi connectivity index (χ2n) is 8.02. The number of ketones is 1. The number of carbonyl (C=O) groups excluding carboxylic acids is 2. The first-order valence-corrected chi connectivity index (χ1v) is 11.1. The monoisotopic (exact) mass is 423 g/mol. The third kappa shape index (κ3) is 7.19. The fraction of sp³-hybridized carbons (Fsp3) is 0.440. The van der Waals surface area contributed by atoms with Gasteiger partial charge >= 0.3 is 0 Å².